The number of nitro benzene ring substituents is 1. The molecule has 1 aromatic carbocycles. The Kier molecular flexibility index (Phi) is 4.86. The standard InChI is InChI=1S/C21H19N7O4/c1-13-11-26(12-22-13)17-7-6-16(23-21(17)31-2)19-24-20-18(32-9-8-27(20)25-19)14-4-3-5-15(10-14)28(29)30/h3-7,10-12,18H,8-9H2,1-2H3/t18-/m0/s1. The zero-order valence-corrected chi connectivity index (χ0v) is 17.4. The Labute approximate surface area is 182 Å². The Bertz CT molecular complexity index is 1310. The Morgan fingerprint density at radius 2 is 2.12 bits per heavy atom. The van der Waals surface area contributed by atoms with Gasteiger partial charge in [0.25, 0.3) is 5.69 Å². The topological polar surface area (TPSA) is 123 Å². The summed E-state index contributed by atoms with van der Waals surface area (Å²) in [6.45, 7) is 2.85. The van der Waals surface area contributed by atoms with Crippen molar-refractivity contribution in [2.75, 3.05) is 13.7 Å². The van der Waals surface area contributed by atoms with Gasteiger partial charge in [-0.15, -0.1) is 5.10 Å². The molecule has 1 atom stereocenters. The Hall–Kier alpha value is -4.12. The lowest BCUT2D eigenvalue weighted by Gasteiger charge is -2.22. The first-order valence-corrected chi connectivity index (χ1v) is 9.90. The zero-order valence-electron chi connectivity index (χ0n) is 17.4. The Morgan fingerprint density at radius 1 is 1.25 bits per heavy atom. The van der Waals surface area contributed by atoms with Crippen molar-refractivity contribution in [3.05, 3.63) is 76.1 Å². The molecule has 0 unspecified atom stereocenters. The molecule has 3 aromatic heterocycles. The van der Waals surface area contributed by atoms with E-state index in [1.165, 1.54) is 12.1 Å². The number of imidazole rings is 1. The molecule has 0 aliphatic carbocycles. The van der Waals surface area contributed by atoms with Gasteiger partial charge in [-0.05, 0) is 24.6 Å². The van der Waals surface area contributed by atoms with Gasteiger partial charge in [0, 0.05) is 18.3 Å². The summed E-state index contributed by atoms with van der Waals surface area (Å²) >= 11 is 0. The summed E-state index contributed by atoms with van der Waals surface area (Å²) in [6, 6.07) is 10.1. The van der Waals surface area contributed by atoms with Crippen molar-refractivity contribution in [3.63, 3.8) is 0 Å². The Morgan fingerprint density at radius 3 is 2.88 bits per heavy atom. The van der Waals surface area contributed by atoms with E-state index in [1.807, 2.05) is 29.8 Å². The number of benzene rings is 1. The molecule has 11 nitrogen and oxygen atoms in total. The van der Waals surface area contributed by atoms with Gasteiger partial charge in [-0.1, -0.05) is 12.1 Å². The van der Waals surface area contributed by atoms with Crippen molar-refractivity contribution >= 4 is 5.69 Å². The number of nitrogens with zero attached hydrogens (tertiary/aromatic N) is 7. The van der Waals surface area contributed by atoms with Crippen molar-refractivity contribution in [1.29, 1.82) is 0 Å². The fourth-order valence-electron chi connectivity index (χ4n) is 3.66. The molecule has 0 fully saturated rings. The van der Waals surface area contributed by atoms with Crippen LogP contribution in [0.25, 0.3) is 17.2 Å². The zero-order chi connectivity index (χ0) is 22.2. The van der Waals surface area contributed by atoms with Crippen LogP contribution in [0.15, 0.2) is 48.9 Å². The van der Waals surface area contributed by atoms with Gasteiger partial charge in [-0.3, -0.25) is 10.1 Å². The van der Waals surface area contributed by atoms with Crippen LogP contribution in [0.2, 0.25) is 0 Å². The molecule has 1 aliphatic heterocycles. The van der Waals surface area contributed by atoms with Crippen molar-refractivity contribution in [3.8, 4) is 23.1 Å². The molecule has 0 bridgehead atoms. The summed E-state index contributed by atoms with van der Waals surface area (Å²) in [5.74, 6) is 1.41. The Balaban J connectivity index is 1.52. The fraction of sp³-hybridized carbons (Fsp3) is 0.238. The third kappa shape index (κ3) is 3.48. The average molecular weight is 433 g/mol. The lowest BCUT2D eigenvalue weighted by molar-refractivity contribution is -0.385. The van der Waals surface area contributed by atoms with E-state index < -0.39 is 11.0 Å². The van der Waals surface area contributed by atoms with E-state index >= 15 is 0 Å². The van der Waals surface area contributed by atoms with E-state index in [4.69, 9.17) is 9.47 Å². The normalized spacial score (nSPS) is 15.4. The van der Waals surface area contributed by atoms with Crippen molar-refractivity contribution in [1.82, 2.24) is 29.3 Å². The first kappa shape index (κ1) is 19.8. The van der Waals surface area contributed by atoms with Crippen LogP contribution in [-0.2, 0) is 11.3 Å². The van der Waals surface area contributed by atoms with E-state index in [9.17, 15) is 10.1 Å². The van der Waals surface area contributed by atoms with Crippen LogP contribution in [0.5, 0.6) is 5.88 Å². The molecule has 162 valence electrons. The van der Waals surface area contributed by atoms with E-state index in [0.29, 0.717) is 41.9 Å². The summed E-state index contributed by atoms with van der Waals surface area (Å²) in [5.41, 5.74) is 2.82. The SMILES string of the molecule is COc1nc(-c2nc3n(n2)CCO[C@H]3c2cccc([N+](=O)[O-])c2)ccc1-n1cnc(C)c1. The lowest BCUT2D eigenvalue weighted by atomic mass is 10.1. The maximum Gasteiger partial charge on any atom is 0.269 e. The number of aryl methyl sites for hydroxylation is 1. The van der Waals surface area contributed by atoms with E-state index in [-0.39, 0.29) is 5.69 Å². The highest BCUT2D eigenvalue weighted by Crippen LogP contribution is 2.32. The number of non-ortho nitro benzene ring substituents is 1. The molecule has 1 aliphatic rings. The smallest absolute Gasteiger partial charge is 0.269 e. The minimum absolute atomic E-state index is 0.000285. The highest BCUT2D eigenvalue weighted by Gasteiger charge is 2.28. The number of pyridine rings is 1. The molecule has 0 spiro atoms. The van der Waals surface area contributed by atoms with Crippen LogP contribution >= 0.6 is 0 Å². The van der Waals surface area contributed by atoms with Gasteiger partial charge in [0.15, 0.2) is 11.6 Å². The summed E-state index contributed by atoms with van der Waals surface area (Å²) < 4.78 is 15.0. The van der Waals surface area contributed by atoms with E-state index in [0.717, 1.165) is 11.4 Å². The minimum Gasteiger partial charge on any atom is -0.479 e. The number of hydrogen-bond acceptors (Lipinski definition) is 8. The third-order valence-corrected chi connectivity index (χ3v) is 5.16. The number of ether oxygens (including phenoxy) is 2. The quantitative estimate of drug-likeness (QED) is 0.348. The molecule has 0 N–H and O–H groups in total. The van der Waals surface area contributed by atoms with Crippen LogP contribution in [0.1, 0.15) is 23.2 Å². The summed E-state index contributed by atoms with van der Waals surface area (Å²) in [5, 5.41) is 15.8. The monoisotopic (exact) mass is 433 g/mol. The van der Waals surface area contributed by atoms with Gasteiger partial charge >= 0.3 is 0 Å². The number of rotatable bonds is 5. The van der Waals surface area contributed by atoms with Crippen LogP contribution in [0, 0.1) is 17.0 Å². The molecule has 11 heteroatoms. The van der Waals surface area contributed by atoms with Crippen LogP contribution in [-0.4, -0.2) is 47.9 Å². The molecule has 4 aromatic rings. The molecular weight excluding hydrogens is 414 g/mol. The molecule has 0 saturated carbocycles. The largest absolute Gasteiger partial charge is 0.479 e. The molecule has 0 radical (unpaired) electrons. The van der Waals surface area contributed by atoms with Crippen molar-refractivity contribution < 1.29 is 14.4 Å². The number of hydrogen-bond donors (Lipinski definition) is 0. The minimum atomic E-state index is -0.556. The average Bonchev–Trinajstić information content (AvgIpc) is 3.44. The van der Waals surface area contributed by atoms with Gasteiger partial charge in [-0.25, -0.2) is 19.6 Å². The number of aromatic nitrogens is 6. The van der Waals surface area contributed by atoms with Crippen molar-refractivity contribution in [2.24, 2.45) is 0 Å². The van der Waals surface area contributed by atoms with Gasteiger partial charge in [-0.2, -0.15) is 0 Å². The van der Waals surface area contributed by atoms with Gasteiger partial charge < -0.3 is 14.0 Å². The highest BCUT2D eigenvalue weighted by atomic mass is 16.6. The molecule has 0 amide bonds. The van der Waals surface area contributed by atoms with Gasteiger partial charge in [0.05, 0.1) is 37.2 Å². The van der Waals surface area contributed by atoms with E-state index in [2.05, 4.69) is 20.1 Å². The second-order valence-electron chi connectivity index (χ2n) is 7.27. The maximum atomic E-state index is 11.2. The number of nitro groups is 1. The maximum absolute atomic E-state index is 11.2. The van der Waals surface area contributed by atoms with Crippen LogP contribution < -0.4 is 4.74 Å². The molecule has 0 saturated heterocycles. The van der Waals surface area contributed by atoms with Gasteiger partial charge in [0.2, 0.25) is 5.88 Å². The second-order valence-corrected chi connectivity index (χ2v) is 7.27. The number of fused-ring (bicyclic) bond motifs is 1. The molecular formula is C21H19N7O4. The number of methoxy groups -OCH3 is 1. The van der Waals surface area contributed by atoms with Crippen molar-refractivity contribution in [2.45, 2.75) is 19.6 Å². The van der Waals surface area contributed by atoms with Gasteiger partial charge in [0.1, 0.15) is 17.5 Å². The molecule has 4 heterocycles. The lowest BCUT2D eigenvalue weighted by Crippen LogP contribution is -2.23. The fourth-order valence-corrected chi connectivity index (χ4v) is 3.66. The summed E-state index contributed by atoms with van der Waals surface area (Å²) in [7, 11) is 1.55. The predicted octanol–water partition coefficient (Wildman–Crippen LogP) is 2.87. The van der Waals surface area contributed by atoms with Crippen LogP contribution in [0.4, 0.5) is 5.69 Å². The highest BCUT2D eigenvalue weighted by molar-refractivity contribution is 5.55. The predicted molar refractivity (Wildman–Crippen MR) is 113 cm³/mol. The summed E-state index contributed by atoms with van der Waals surface area (Å²) in [4.78, 5) is 24.2. The second kappa shape index (κ2) is 7.85. The van der Waals surface area contributed by atoms with Crippen LogP contribution in [0.3, 0.4) is 0 Å². The molecule has 32 heavy (non-hydrogen) atoms. The third-order valence-electron chi connectivity index (χ3n) is 5.16. The summed E-state index contributed by atoms with van der Waals surface area (Å²) in [6.07, 6.45) is 3.02. The first-order valence-electron chi connectivity index (χ1n) is 9.90. The first-order chi connectivity index (χ1) is 15.5. The van der Waals surface area contributed by atoms with E-state index in [1.54, 1.807) is 30.3 Å². The molecule has 5 rings (SSSR count).